The number of halogens is 2. The summed E-state index contributed by atoms with van der Waals surface area (Å²) in [5.41, 5.74) is 0. The van der Waals surface area contributed by atoms with Crippen molar-refractivity contribution in [3.8, 4) is 0 Å². The van der Waals surface area contributed by atoms with Crippen molar-refractivity contribution in [1.82, 2.24) is 0 Å². The average Bonchev–Trinajstić information content (AvgIpc) is 1.67. The lowest BCUT2D eigenvalue weighted by atomic mass is 10.6. The Bertz CT molecular complexity index is 103. The van der Waals surface area contributed by atoms with Crippen molar-refractivity contribution in [3.05, 3.63) is 0 Å². The van der Waals surface area contributed by atoms with Crippen molar-refractivity contribution in [3.63, 3.8) is 0 Å². The molecule has 0 spiro atoms. The first kappa shape index (κ1) is 8.69. The Kier molecular flexibility index (Phi) is 3.27. The minimum absolute atomic E-state index is 0.263. The Balaban J connectivity index is 3.91. The molecule has 0 aliphatic heterocycles. The zero-order valence-electron chi connectivity index (χ0n) is 4.23. The highest BCUT2D eigenvalue weighted by Crippen LogP contribution is 2.27. The maximum absolute atomic E-state index is 10.1. The van der Waals surface area contributed by atoms with Crippen molar-refractivity contribution in [2.24, 2.45) is 0 Å². The summed E-state index contributed by atoms with van der Waals surface area (Å²) in [5, 5.41) is 0. The molecule has 1 N–H and O–H groups in total. The van der Waals surface area contributed by atoms with Crippen molar-refractivity contribution in [1.29, 1.82) is 0 Å². The van der Waals surface area contributed by atoms with Crippen LogP contribution >= 0.6 is 23.2 Å². The first-order valence-corrected chi connectivity index (χ1v) is 3.85. The second-order valence-electron chi connectivity index (χ2n) is 1.24. The van der Waals surface area contributed by atoms with Crippen LogP contribution in [-0.2, 0) is 11.1 Å². The minimum Gasteiger partial charge on any atom is -0.304 e. The lowest BCUT2D eigenvalue weighted by Gasteiger charge is -2.09. The fourth-order valence-electron chi connectivity index (χ4n) is 0.123. The summed E-state index contributed by atoms with van der Waals surface area (Å²) in [6, 6.07) is 0. The van der Waals surface area contributed by atoms with E-state index in [2.05, 4.69) is 0 Å². The molecule has 0 bridgehead atoms. The van der Waals surface area contributed by atoms with Crippen LogP contribution in [0, 0.1) is 0 Å². The van der Waals surface area contributed by atoms with Gasteiger partial charge in [0.15, 0.2) is 11.1 Å². The molecular formula is C3H6Cl2O2S. The highest BCUT2D eigenvalue weighted by Gasteiger charge is 2.28. The molecule has 0 saturated heterocycles. The Morgan fingerprint density at radius 2 is 2.12 bits per heavy atom. The Morgan fingerprint density at radius 1 is 1.75 bits per heavy atom. The van der Waals surface area contributed by atoms with Crippen LogP contribution in [0.1, 0.15) is 13.3 Å². The third-order valence-electron chi connectivity index (χ3n) is 0.667. The van der Waals surface area contributed by atoms with E-state index < -0.39 is 14.7 Å². The van der Waals surface area contributed by atoms with E-state index in [1.165, 1.54) is 0 Å². The molecule has 0 radical (unpaired) electrons. The van der Waals surface area contributed by atoms with E-state index in [1.807, 2.05) is 0 Å². The van der Waals surface area contributed by atoms with E-state index in [0.717, 1.165) is 0 Å². The zero-order chi connectivity index (χ0) is 6.78. The van der Waals surface area contributed by atoms with Gasteiger partial charge in [0.1, 0.15) is 0 Å². The van der Waals surface area contributed by atoms with Crippen LogP contribution in [0.2, 0.25) is 0 Å². The lowest BCUT2D eigenvalue weighted by Crippen LogP contribution is -2.17. The molecule has 0 aliphatic carbocycles. The summed E-state index contributed by atoms with van der Waals surface area (Å²) < 4.78 is 16.9. The number of hydrogen-bond donors (Lipinski definition) is 1. The zero-order valence-corrected chi connectivity index (χ0v) is 6.56. The van der Waals surface area contributed by atoms with E-state index in [-0.39, 0.29) is 6.42 Å². The van der Waals surface area contributed by atoms with Crippen LogP contribution in [0.3, 0.4) is 0 Å². The first-order chi connectivity index (χ1) is 3.50. The molecule has 0 heterocycles. The van der Waals surface area contributed by atoms with E-state index in [1.54, 1.807) is 6.92 Å². The fraction of sp³-hybridized carbons (Fsp3) is 1.00. The summed E-state index contributed by atoms with van der Waals surface area (Å²) in [5.74, 6) is 0. The van der Waals surface area contributed by atoms with Crippen LogP contribution < -0.4 is 0 Å². The van der Waals surface area contributed by atoms with Gasteiger partial charge in [0.05, 0.1) is 0 Å². The second kappa shape index (κ2) is 3.01. The van der Waals surface area contributed by atoms with Crippen LogP contribution in [0.15, 0.2) is 0 Å². The maximum Gasteiger partial charge on any atom is 0.216 e. The van der Waals surface area contributed by atoms with Crippen LogP contribution in [0.4, 0.5) is 0 Å². The third kappa shape index (κ3) is 2.31. The molecule has 0 fully saturated rings. The number of rotatable bonds is 2. The molecule has 0 aliphatic rings. The Morgan fingerprint density at radius 3 is 2.12 bits per heavy atom. The largest absolute Gasteiger partial charge is 0.304 e. The van der Waals surface area contributed by atoms with Gasteiger partial charge in [0.2, 0.25) is 3.67 Å². The molecule has 8 heavy (non-hydrogen) atoms. The monoisotopic (exact) mass is 176 g/mol. The van der Waals surface area contributed by atoms with Gasteiger partial charge in [-0.1, -0.05) is 30.1 Å². The van der Waals surface area contributed by atoms with Gasteiger partial charge in [-0.05, 0) is 6.42 Å². The van der Waals surface area contributed by atoms with Crippen LogP contribution in [0.25, 0.3) is 0 Å². The van der Waals surface area contributed by atoms with E-state index in [4.69, 9.17) is 27.8 Å². The minimum atomic E-state index is -2.15. The standard InChI is InChI=1S/C3H6Cl2O2S/c1-2-3(4,5)8(6)7/h2H2,1H3,(H,6,7). The number of alkyl halides is 2. The highest BCUT2D eigenvalue weighted by atomic mass is 35.5. The molecule has 0 aromatic heterocycles. The van der Waals surface area contributed by atoms with Gasteiger partial charge < -0.3 is 4.55 Å². The average molecular weight is 177 g/mol. The second-order valence-corrected chi connectivity index (χ2v) is 4.37. The van der Waals surface area contributed by atoms with Crippen molar-refractivity contribution in [2.45, 2.75) is 17.0 Å². The summed E-state index contributed by atoms with van der Waals surface area (Å²) in [6.07, 6.45) is 0.263. The van der Waals surface area contributed by atoms with Crippen molar-refractivity contribution >= 4 is 34.3 Å². The molecule has 0 amide bonds. The quantitative estimate of drug-likeness (QED) is 0.515. The van der Waals surface area contributed by atoms with Crippen molar-refractivity contribution in [2.75, 3.05) is 0 Å². The van der Waals surface area contributed by atoms with Gasteiger partial charge in [-0.3, -0.25) is 0 Å². The van der Waals surface area contributed by atoms with Crippen molar-refractivity contribution < 1.29 is 8.76 Å². The molecule has 1 atom stereocenters. The van der Waals surface area contributed by atoms with Gasteiger partial charge in [-0.2, -0.15) is 0 Å². The number of hydrogen-bond acceptors (Lipinski definition) is 1. The van der Waals surface area contributed by atoms with Crippen LogP contribution in [-0.4, -0.2) is 12.4 Å². The SMILES string of the molecule is CCC(Cl)(Cl)S(=O)O. The van der Waals surface area contributed by atoms with Gasteiger partial charge in [-0.15, -0.1) is 0 Å². The molecule has 50 valence electrons. The Hall–Kier alpha value is 0.690. The molecule has 5 heteroatoms. The Labute approximate surface area is 60.5 Å². The molecule has 0 saturated carbocycles. The fourth-order valence-corrected chi connectivity index (χ4v) is 0.370. The van der Waals surface area contributed by atoms with E-state index >= 15 is 0 Å². The molecule has 0 rings (SSSR count). The summed E-state index contributed by atoms with van der Waals surface area (Å²) in [4.78, 5) is 0. The molecule has 0 aromatic rings. The van der Waals surface area contributed by atoms with E-state index in [9.17, 15) is 4.21 Å². The topological polar surface area (TPSA) is 37.3 Å². The predicted molar refractivity (Wildman–Crippen MR) is 35.5 cm³/mol. The summed E-state index contributed by atoms with van der Waals surface area (Å²) in [6.45, 7) is 1.63. The molecular weight excluding hydrogens is 171 g/mol. The van der Waals surface area contributed by atoms with Gasteiger partial charge in [0, 0.05) is 0 Å². The van der Waals surface area contributed by atoms with Crippen LogP contribution in [0.5, 0.6) is 0 Å². The predicted octanol–water partition coefficient (Wildman–Crippen LogP) is 1.75. The maximum atomic E-state index is 10.1. The van der Waals surface area contributed by atoms with E-state index in [0.29, 0.717) is 0 Å². The molecule has 1 unspecified atom stereocenters. The third-order valence-corrected chi connectivity index (χ3v) is 2.79. The van der Waals surface area contributed by atoms with Gasteiger partial charge in [0.25, 0.3) is 0 Å². The lowest BCUT2D eigenvalue weighted by molar-refractivity contribution is 0.554. The summed E-state index contributed by atoms with van der Waals surface area (Å²) in [7, 11) is 0. The highest BCUT2D eigenvalue weighted by molar-refractivity contribution is 7.84. The molecule has 2 nitrogen and oxygen atoms in total. The first-order valence-electron chi connectivity index (χ1n) is 1.99. The van der Waals surface area contributed by atoms with Gasteiger partial charge >= 0.3 is 0 Å². The smallest absolute Gasteiger partial charge is 0.216 e. The molecule has 0 aromatic carbocycles. The normalized spacial score (nSPS) is 16.0. The van der Waals surface area contributed by atoms with Gasteiger partial charge in [-0.25, -0.2) is 4.21 Å². The summed E-state index contributed by atoms with van der Waals surface area (Å²) >= 11 is 8.40.